The van der Waals surface area contributed by atoms with Crippen LogP contribution < -0.4 is 10.1 Å². The predicted molar refractivity (Wildman–Crippen MR) is 160 cm³/mol. The second-order valence-electron chi connectivity index (χ2n) is 11.2. The van der Waals surface area contributed by atoms with Crippen molar-refractivity contribution in [1.29, 1.82) is 0 Å². The molecule has 0 aliphatic heterocycles. The first-order valence-corrected chi connectivity index (χ1v) is 13.7. The van der Waals surface area contributed by atoms with Crippen LogP contribution in [0.1, 0.15) is 58.2 Å². The number of nitrogens with zero attached hydrogens (tertiary/aromatic N) is 2. The molecule has 0 bridgehead atoms. The molecular weight excluding hydrogens is 514 g/mol. The molecule has 0 unspecified atom stereocenters. The van der Waals surface area contributed by atoms with Crippen LogP contribution in [0.15, 0.2) is 66.9 Å². The number of hydrogen-bond donors (Lipinski definition) is 1. The number of ether oxygens (including phenoxy) is 1. The van der Waals surface area contributed by atoms with Crippen molar-refractivity contribution < 1.29 is 9.53 Å². The third-order valence-corrected chi connectivity index (χ3v) is 7.45. The summed E-state index contributed by atoms with van der Waals surface area (Å²) in [5.41, 5.74) is 5.08. The van der Waals surface area contributed by atoms with Gasteiger partial charge in [0, 0.05) is 23.4 Å². The molecule has 1 amide bonds. The number of aromatic nitrogens is 2. The van der Waals surface area contributed by atoms with Gasteiger partial charge < -0.3 is 10.1 Å². The van der Waals surface area contributed by atoms with E-state index in [-0.39, 0.29) is 16.7 Å². The van der Waals surface area contributed by atoms with Crippen molar-refractivity contribution in [2.45, 2.75) is 52.4 Å². The van der Waals surface area contributed by atoms with E-state index < -0.39 is 0 Å². The minimum Gasteiger partial charge on any atom is -0.494 e. The first-order valence-electron chi connectivity index (χ1n) is 12.5. The molecule has 5 nitrogen and oxygen atoms in total. The van der Waals surface area contributed by atoms with E-state index in [0.717, 1.165) is 32.9 Å². The standard InChI is InChI=1S/C31H34ClN3O2S/c1-30(2,3)21-17-23(31(4,5)6)29(37-7)24(18-21)33-27(36)16-13-20-19-35(22-11-9-8-10-12-22)34-28(20)25-14-15-26(32)38-25/h8-19H,1-7H3,(H,33,36)/b16-13+. The van der Waals surface area contributed by atoms with Gasteiger partial charge >= 0.3 is 0 Å². The number of thiophene rings is 1. The van der Waals surface area contributed by atoms with Crippen LogP contribution in [0, 0.1) is 0 Å². The molecule has 0 radical (unpaired) electrons. The van der Waals surface area contributed by atoms with Crippen LogP contribution >= 0.6 is 22.9 Å². The molecule has 38 heavy (non-hydrogen) atoms. The number of anilines is 1. The number of rotatable bonds is 6. The van der Waals surface area contributed by atoms with Crippen LogP contribution in [0.4, 0.5) is 5.69 Å². The molecule has 1 N–H and O–H groups in total. The highest BCUT2D eigenvalue weighted by atomic mass is 35.5. The summed E-state index contributed by atoms with van der Waals surface area (Å²) in [6.45, 7) is 12.9. The molecule has 2 heterocycles. The van der Waals surface area contributed by atoms with E-state index in [1.165, 1.54) is 17.4 Å². The zero-order chi connectivity index (χ0) is 27.7. The fourth-order valence-electron chi connectivity index (χ4n) is 4.13. The number of carbonyl (C=O) groups excluding carboxylic acids is 1. The average molecular weight is 548 g/mol. The number of benzene rings is 2. The maximum absolute atomic E-state index is 13.2. The Morgan fingerprint density at radius 1 is 1.03 bits per heavy atom. The number of para-hydroxylation sites is 1. The number of hydrogen-bond acceptors (Lipinski definition) is 4. The van der Waals surface area contributed by atoms with Gasteiger partial charge in [-0.3, -0.25) is 4.79 Å². The summed E-state index contributed by atoms with van der Waals surface area (Å²) >= 11 is 7.66. The van der Waals surface area contributed by atoms with Crippen molar-refractivity contribution in [1.82, 2.24) is 9.78 Å². The number of amides is 1. The summed E-state index contributed by atoms with van der Waals surface area (Å²) in [5, 5.41) is 7.86. The molecule has 0 aliphatic carbocycles. The Kier molecular flexibility index (Phi) is 7.86. The van der Waals surface area contributed by atoms with Gasteiger partial charge in [0.1, 0.15) is 11.4 Å². The second-order valence-corrected chi connectivity index (χ2v) is 13.0. The fourth-order valence-corrected chi connectivity index (χ4v) is 5.18. The Morgan fingerprint density at radius 2 is 1.74 bits per heavy atom. The third-order valence-electron chi connectivity index (χ3n) is 6.21. The van der Waals surface area contributed by atoms with Crippen LogP contribution in [0.2, 0.25) is 4.34 Å². The molecule has 4 rings (SSSR count). The first kappa shape index (κ1) is 27.7. The van der Waals surface area contributed by atoms with E-state index in [1.807, 2.05) is 59.4 Å². The van der Waals surface area contributed by atoms with Crippen molar-refractivity contribution in [3.05, 3.63) is 87.9 Å². The van der Waals surface area contributed by atoms with E-state index in [0.29, 0.717) is 15.8 Å². The average Bonchev–Trinajstić information content (AvgIpc) is 3.47. The Labute approximate surface area is 234 Å². The normalized spacial score (nSPS) is 12.2. The van der Waals surface area contributed by atoms with Crippen molar-refractivity contribution >= 4 is 40.6 Å². The number of halogens is 1. The minimum absolute atomic E-state index is 0.0928. The highest BCUT2D eigenvalue weighted by molar-refractivity contribution is 7.19. The lowest BCUT2D eigenvalue weighted by Crippen LogP contribution is -2.20. The molecule has 0 spiro atoms. The van der Waals surface area contributed by atoms with Crippen LogP contribution in [-0.2, 0) is 15.6 Å². The fraction of sp³-hybridized carbons (Fsp3) is 0.290. The summed E-state index contributed by atoms with van der Waals surface area (Å²) < 4.78 is 8.30. The van der Waals surface area contributed by atoms with E-state index in [1.54, 1.807) is 13.2 Å². The second kappa shape index (κ2) is 10.8. The first-order chi connectivity index (χ1) is 17.9. The van der Waals surface area contributed by atoms with Gasteiger partial charge in [0.15, 0.2) is 0 Å². The molecule has 0 aliphatic rings. The number of methoxy groups -OCH3 is 1. The van der Waals surface area contributed by atoms with Crippen LogP contribution in [0.25, 0.3) is 22.3 Å². The summed E-state index contributed by atoms with van der Waals surface area (Å²) in [6, 6.07) is 17.8. The van der Waals surface area contributed by atoms with Crippen molar-refractivity contribution in [3.63, 3.8) is 0 Å². The summed E-state index contributed by atoms with van der Waals surface area (Å²) in [5.74, 6) is 0.426. The predicted octanol–water partition coefficient (Wildman–Crippen LogP) is 8.51. The molecule has 2 aromatic heterocycles. The van der Waals surface area contributed by atoms with E-state index in [2.05, 4.69) is 52.9 Å². The molecule has 198 valence electrons. The zero-order valence-electron chi connectivity index (χ0n) is 22.9. The SMILES string of the molecule is COc1c(NC(=O)/C=C/c2cn(-c3ccccc3)nc2-c2ccc(Cl)s2)cc(C(C)(C)C)cc1C(C)(C)C. The lowest BCUT2D eigenvalue weighted by molar-refractivity contribution is -0.111. The molecule has 0 saturated carbocycles. The minimum atomic E-state index is -0.253. The van der Waals surface area contributed by atoms with Crippen molar-refractivity contribution in [2.24, 2.45) is 0 Å². The summed E-state index contributed by atoms with van der Waals surface area (Å²) in [7, 11) is 1.64. The lowest BCUT2D eigenvalue weighted by atomic mass is 9.79. The van der Waals surface area contributed by atoms with E-state index >= 15 is 0 Å². The van der Waals surface area contributed by atoms with Gasteiger partial charge in [-0.2, -0.15) is 5.10 Å². The highest BCUT2D eigenvalue weighted by Gasteiger charge is 2.26. The Balaban J connectivity index is 1.70. The Bertz CT molecular complexity index is 1470. The van der Waals surface area contributed by atoms with Gasteiger partial charge in [-0.25, -0.2) is 4.68 Å². The molecule has 0 atom stereocenters. The van der Waals surface area contributed by atoms with Crippen LogP contribution in [0.3, 0.4) is 0 Å². The molecule has 4 aromatic rings. The molecule has 0 saturated heterocycles. The van der Waals surface area contributed by atoms with E-state index in [9.17, 15) is 4.79 Å². The smallest absolute Gasteiger partial charge is 0.248 e. The zero-order valence-corrected chi connectivity index (χ0v) is 24.5. The van der Waals surface area contributed by atoms with Gasteiger partial charge in [0.05, 0.1) is 27.7 Å². The van der Waals surface area contributed by atoms with Crippen molar-refractivity contribution in [3.8, 4) is 22.0 Å². The number of nitrogens with one attached hydrogen (secondary N) is 1. The summed E-state index contributed by atoms with van der Waals surface area (Å²) in [4.78, 5) is 14.1. The van der Waals surface area contributed by atoms with Crippen LogP contribution in [0.5, 0.6) is 5.75 Å². The largest absolute Gasteiger partial charge is 0.494 e. The topological polar surface area (TPSA) is 56.1 Å². The summed E-state index contributed by atoms with van der Waals surface area (Å²) in [6.07, 6.45) is 5.24. The monoisotopic (exact) mass is 547 g/mol. The van der Waals surface area contributed by atoms with Gasteiger partial charge in [-0.15, -0.1) is 11.3 Å². The third kappa shape index (κ3) is 6.20. The highest BCUT2D eigenvalue weighted by Crippen LogP contribution is 2.41. The molecule has 7 heteroatoms. The van der Waals surface area contributed by atoms with Gasteiger partial charge in [0.2, 0.25) is 5.91 Å². The molecule has 0 fully saturated rings. The number of carbonyl (C=O) groups is 1. The van der Waals surface area contributed by atoms with Crippen molar-refractivity contribution in [2.75, 3.05) is 12.4 Å². The van der Waals surface area contributed by atoms with Gasteiger partial charge in [0.25, 0.3) is 0 Å². The van der Waals surface area contributed by atoms with Crippen LogP contribution in [-0.4, -0.2) is 22.8 Å². The maximum atomic E-state index is 13.2. The maximum Gasteiger partial charge on any atom is 0.248 e. The Hall–Kier alpha value is -3.35. The Morgan fingerprint density at radius 3 is 2.32 bits per heavy atom. The lowest BCUT2D eigenvalue weighted by Gasteiger charge is -2.28. The van der Waals surface area contributed by atoms with Gasteiger partial charge in [-0.05, 0) is 52.8 Å². The van der Waals surface area contributed by atoms with E-state index in [4.69, 9.17) is 21.4 Å². The molecular formula is C31H34ClN3O2S. The molecule has 2 aromatic carbocycles. The van der Waals surface area contributed by atoms with Gasteiger partial charge in [-0.1, -0.05) is 77.4 Å². The quantitative estimate of drug-likeness (QED) is 0.246.